The van der Waals surface area contributed by atoms with Gasteiger partial charge in [0.2, 0.25) is 0 Å². The number of hydrogen-bond donors (Lipinski definition) is 2. The predicted molar refractivity (Wildman–Crippen MR) is 352 cm³/mol. The molecule has 474 valence electrons. The fraction of sp³-hybridized carbons (Fsp3) is 0.597. The summed E-state index contributed by atoms with van der Waals surface area (Å²) in [6.45, 7) is 4.27. The first-order valence-corrected chi connectivity index (χ1v) is 33.9. The molecule has 0 rings (SSSR count). The van der Waals surface area contributed by atoms with Crippen molar-refractivity contribution in [2.75, 3.05) is 26.4 Å². The third-order valence-corrected chi connectivity index (χ3v) is 13.9. The topological polar surface area (TPSA) is 155 Å². The van der Waals surface area contributed by atoms with Crippen LogP contribution in [-0.4, -0.2) is 66.5 Å². The first-order chi connectivity index (χ1) is 41.2. The Balaban J connectivity index is 4.86. The number of allylic oxidation sites excluding steroid dienone is 26. The average Bonchev–Trinajstić information content (AvgIpc) is 3.55. The number of rotatable bonds is 58. The van der Waals surface area contributed by atoms with Crippen LogP contribution in [0.25, 0.3) is 0 Å². The molecular formula is C72H115O11P. The molecule has 0 aliphatic rings. The van der Waals surface area contributed by atoms with E-state index < -0.39 is 64.4 Å². The summed E-state index contributed by atoms with van der Waals surface area (Å²) in [7, 11) is -4.79. The van der Waals surface area contributed by atoms with Crippen molar-refractivity contribution >= 4 is 25.7 Å². The van der Waals surface area contributed by atoms with Gasteiger partial charge in [0.1, 0.15) is 12.7 Å². The molecule has 0 aromatic heterocycles. The van der Waals surface area contributed by atoms with Crippen LogP contribution in [-0.2, 0) is 42.2 Å². The maximum absolute atomic E-state index is 13.0. The van der Waals surface area contributed by atoms with E-state index in [2.05, 4.69) is 167 Å². The lowest BCUT2D eigenvalue weighted by atomic mass is 10.1. The number of phosphoric ester groups is 1. The van der Waals surface area contributed by atoms with Crippen molar-refractivity contribution in [3.05, 3.63) is 158 Å². The molecule has 2 N–H and O–H groups in total. The van der Waals surface area contributed by atoms with Crippen molar-refractivity contribution in [3.8, 4) is 0 Å². The number of aliphatic hydroxyl groups excluding tert-OH is 1. The Labute approximate surface area is 511 Å². The molecule has 0 radical (unpaired) electrons. The summed E-state index contributed by atoms with van der Waals surface area (Å²) in [5.74, 6) is -1.61. The fourth-order valence-electron chi connectivity index (χ4n) is 8.09. The maximum Gasteiger partial charge on any atom is 0.472 e. The van der Waals surface area contributed by atoms with Crippen molar-refractivity contribution in [1.82, 2.24) is 0 Å². The van der Waals surface area contributed by atoms with Gasteiger partial charge >= 0.3 is 25.7 Å². The highest BCUT2D eigenvalue weighted by atomic mass is 31.2. The summed E-state index contributed by atoms with van der Waals surface area (Å²) in [4.78, 5) is 48.8. The Hall–Kier alpha value is -4.90. The smallest absolute Gasteiger partial charge is 0.462 e. The Morgan fingerprint density at radius 3 is 1.00 bits per heavy atom. The van der Waals surface area contributed by atoms with E-state index in [1.165, 1.54) is 25.7 Å². The Morgan fingerprint density at radius 1 is 0.345 bits per heavy atom. The standard InChI is InChI=1S/C72H115O11P/c1-4-7-10-13-16-19-22-25-28-31-34-37-40-43-46-49-52-55-58-61-70(74)79-65-69(83-72(76)63-60-57-54-51-48-45-42-39-36-33-30-27-24-21-18-15-12-9-6-3)67-81-84(77,78)80-66-68(64-73)82-71(75)62-59-56-53-50-47-44-41-38-35-32-29-26-23-20-17-14-11-8-5-2/h7,9-10,12,16-21,25-30,34-39,43,46,52,55,68-69,73H,4-6,8,11,13-15,22-24,31-33,40-42,44-45,47-51,53-54,56-67H2,1-3H3,(H,77,78)/b10-7-,12-9-,19-16-,20-17-,21-18-,28-25-,29-26-,30-27-,37-34-,38-35-,39-36-,46-43-,55-52-. The van der Waals surface area contributed by atoms with Crippen LogP contribution in [0.1, 0.15) is 239 Å². The van der Waals surface area contributed by atoms with E-state index in [1.807, 2.05) is 12.2 Å². The van der Waals surface area contributed by atoms with Crippen molar-refractivity contribution in [3.63, 3.8) is 0 Å². The van der Waals surface area contributed by atoms with E-state index in [-0.39, 0.29) is 19.3 Å². The molecule has 3 unspecified atom stereocenters. The molecule has 0 amide bonds. The van der Waals surface area contributed by atoms with Crippen LogP contribution < -0.4 is 0 Å². The van der Waals surface area contributed by atoms with Gasteiger partial charge in [-0.25, -0.2) is 4.57 Å². The second-order valence-corrected chi connectivity index (χ2v) is 22.3. The lowest BCUT2D eigenvalue weighted by molar-refractivity contribution is -0.161. The SMILES string of the molecule is CC/C=C\C/C=C\C/C=C\C/C=C\C/C=C\C/C=C\CCC(=O)OCC(COP(=O)(O)OCC(CO)OC(=O)CCCCCCCC/C=C\C/C=C\C/C=C\CCCCC)OC(=O)CCCCCCCC/C=C\C/C=C\C/C=C\C/C=C\CC. The lowest BCUT2D eigenvalue weighted by Crippen LogP contribution is -2.30. The third-order valence-electron chi connectivity index (χ3n) is 12.9. The number of unbranched alkanes of at least 4 members (excludes halogenated alkanes) is 15. The zero-order valence-electron chi connectivity index (χ0n) is 52.6. The monoisotopic (exact) mass is 1190 g/mol. The van der Waals surface area contributed by atoms with Gasteiger partial charge in [0.05, 0.1) is 19.8 Å². The zero-order valence-corrected chi connectivity index (χ0v) is 53.4. The van der Waals surface area contributed by atoms with Crippen molar-refractivity contribution in [2.24, 2.45) is 0 Å². The van der Waals surface area contributed by atoms with Gasteiger partial charge in [-0.15, -0.1) is 0 Å². The van der Waals surface area contributed by atoms with Crippen LogP contribution in [0.2, 0.25) is 0 Å². The van der Waals surface area contributed by atoms with E-state index in [1.54, 1.807) is 0 Å². The van der Waals surface area contributed by atoms with Gasteiger partial charge in [0.25, 0.3) is 0 Å². The van der Waals surface area contributed by atoms with Gasteiger partial charge < -0.3 is 24.2 Å². The molecule has 0 spiro atoms. The summed E-state index contributed by atoms with van der Waals surface area (Å²) in [5, 5.41) is 9.87. The minimum absolute atomic E-state index is 0.0881. The van der Waals surface area contributed by atoms with Crippen LogP contribution in [0.15, 0.2) is 158 Å². The van der Waals surface area contributed by atoms with Crippen LogP contribution in [0.5, 0.6) is 0 Å². The highest BCUT2D eigenvalue weighted by Crippen LogP contribution is 2.43. The molecule has 0 aliphatic carbocycles. The highest BCUT2D eigenvalue weighted by Gasteiger charge is 2.28. The highest BCUT2D eigenvalue weighted by molar-refractivity contribution is 7.47. The molecule has 0 bridgehead atoms. The second-order valence-electron chi connectivity index (χ2n) is 20.8. The number of carbonyl (C=O) groups is 3. The molecule has 84 heavy (non-hydrogen) atoms. The Kier molecular flexibility index (Phi) is 60.4. The zero-order chi connectivity index (χ0) is 61.2. The van der Waals surface area contributed by atoms with E-state index in [0.29, 0.717) is 19.3 Å². The molecular weight excluding hydrogens is 1070 g/mol. The minimum atomic E-state index is -4.79. The van der Waals surface area contributed by atoms with E-state index >= 15 is 0 Å². The van der Waals surface area contributed by atoms with Crippen molar-refractivity contribution in [2.45, 2.75) is 251 Å². The van der Waals surface area contributed by atoms with Gasteiger partial charge in [-0.1, -0.05) is 243 Å². The van der Waals surface area contributed by atoms with Crippen molar-refractivity contribution in [1.29, 1.82) is 0 Å². The molecule has 0 saturated carbocycles. The number of phosphoric acid groups is 1. The predicted octanol–water partition coefficient (Wildman–Crippen LogP) is 20.0. The molecule has 0 saturated heterocycles. The van der Waals surface area contributed by atoms with Crippen LogP contribution in [0.4, 0.5) is 0 Å². The van der Waals surface area contributed by atoms with E-state index in [4.69, 9.17) is 23.3 Å². The molecule has 3 atom stereocenters. The summed E-state index contributed by atoms with van der Waals surface area (Å²) < 4.78 is 39.6. The molecule has 12 heteroatoms. The Morgan fingerprint density at radius 2 is 0.643 bits per heavy atom. The maximum atomic E-state index is 13.0. The van der Waals surface area contributed by atoms with Gasteiger partial charge in [0.15, 0.2) is 6.10 Å². The molecule has 0 aliphatic heterocycles. The second kappa shape index (κ2) is 64.1. The fourth-order valence-corrected chi connectivity index (χ4v) is 8.87. The largest absolute Gasteiger partial charge is 0.472 e. The molecule has 0 aromatic rings. The normalized spacial score (nSPS) is 14.3. The quantitative estimate of drug-likeness (QED) is 0.0197. The summed E-state index contributed by atoms with van der Waals surface area (Å²) >= 11 is 0. The van der Waals surface area contributed by atoms with Gasteiger partial charge in [-0.2, -0.15) is 0 Å². The third kappa shape index (κ3) is 61.7. The van der Waals surface area contributed by atoms with E-state index in [9.17, 15) is 28.9 Å². The molecule has 11 nitrogen and oxygen atoms in total. The van der Waals surface area contributed by atoms with Crippen LogP contribution >= 0.6 is 7.82 Å². The number of aliphatic hydroxyl groups is 1. The number of hydrogen-bond acceptors (Lipinski definition) is 10. The number of esters is 3. The summed E-state index contributed by atoms with van der Waals surface area (Å²) in [6, 6.07) is 0. The van der Waals surface area contributed by atoms with Gasteiger partial charge in [-0.3, -0.25) is 23.4 Å². The number of ether oxygens (including phenoxy) is 3. The van der Waals surface area contributed by atoms with E-state index in [0.717, 1.165) is 154 Å². The number of carbonyl (C=O) groups excluding carboxylic acids is 3. The van der Waals surface area contributed by atoms with Gasteiger partial charge in [-0.05, 0) is 135 Å². The first-order valence-electron chi connectivity index (χ1n) is 32.4. The molecule has 0 fully saturated rings. The summed E-state index contributed by atoms with van der Waals surface area (Å²) in [5.41, 5.74) is 0. The van der Waals surface area contributed by atoms with Crippen LogP contribution in [0.3, 0.4) is 0 Å². The summed E-state index contributed by atoms with van der Waals surface area (Å²) in [6.07, 6.45) is 84.9. The Bertz CT molecular complexity index is 2020. The van der Waals surface area contributed by atoms with Crippen LogP contribution in [0, 0.1) is 0 Å². The molecule has 0 aromatic carbocycles. The minimum Gasteiger partial charge on any atom is -0.462 e. The average molecular weight is 1190 g/mol. The van der Waals surface area contributed by atoms with Gasteiger partial charge in [0, 0.05) is 19.3 Å². The molecule has 0 heterocycles. The lowest BCUT2D eigenvalue weighted by Gasteiger charge is -2.21. The first kappa shape index (κ1) is 79.1. The van der Waals surface area contributed by atoms with Crippen molar-refractivity contribution < 1.29 is 52.2 Å².